The second-order valence-electron chi connectivity index (χ2n) is 9.06. The molecule has 9 nitrogen and oxygen atoms in total. The van der Waals surface area contributed by atoms with Crippen LogP contribution in [-0.2, 0) is 11.2 Å². The molecular weight excluding hydrogens is 505 g/mol. The summed E-state index contributed by atoms with van der Waals surface area (Å²) in [5.74, 6) is -8.51. The summed E-state index contributed by atoms with van der Waals surface area (Å²) < 4.78 is 74.7. The van der Waals surface area contributed by atoms with E-state index in [9.17, 15) is 32.3 Å². The van der Waals surface area contributed by atoms with Gasteiger partial charge in [0.1, 0.15) is 5.69 Å². The van der Waals surface area contributed by atoms with Crippen LogP contribution in [0.15, 0.2) is 23.1 Å². The Balaban J connectivity index is 1.72. The Hall–Kier alpha value is -3.58. The highest BCUT2D eigenvalue weighted by Gasteiger charge is 2.40. The van der Waals surface area contributed by atoms with Gasteiger partial charge in [0.05, 0.1) is 17.7 Å². The Morgan fingerprint density at radius 1 is 1.27 bits per heavy atom. The van der Waals surface area contributed by atoms with E-state index in [4.69, 9.17) is 0 Å². The zero-order valence-corrected chi connectivity index (χ0v) is 19.6. The van der Waals surface area contributed by atoms with Gasteiger partial charge in [-0.25, -0.2) is 31.6 Å². The van der Waals surface area contributed by atoms with Crippen LogP contribution >= 0.6 is 0 Å². The van der Waals surface area contributed by atoms with E-state index in [0.717, 1.165) is 6.07 Å². The number of carbonyl (C=O) groups is 2. The predicted octanol–water partition coefficient (Wildman–Crippen LogP) is 4.54. The summed E-state index contributed by atoms with van der Waals surface area (Å²) in [5, 5.41) is 19.4. The molecular formula is C23H24F5N5O4. The fourth-order valence-electron chi connectivity index (χ4n) is 4.66. The van der Waals surface area contributed by atoms with Crippen molar-refractivity contribution in [1.82, 2.24) is 25.0 Å². The number of imidazole rings is 1. The summed E-state index contributed by atoms with van der Waals surface area (Å²) in [7, 11) is 0. The number of carbonyl (C=O) groups excluding carboxylic acids is 1. The SMILES string of the molecule is CCc1nonc1C(=O)NC(c1cn2ccc(C(CC(F)F)C(=O)O)c(F)c2n1)C1CCC(F)(F)CC1. The lowest BCUT2D eigenvalue weighted by molar-refractivity contribution is -0.140. The molecule has 200 valence electrons. The van der Waals surface area contributed by atoms with Gasteiger partial charge < -0.3 is 14.8 Å². The Kier molecular flexibility index (Phi) is 7.46. The fourth-order valence-corrected chi connectivity index (χ4v) is 4.66. The predicted molar refractivity (Wildman–Crippen MR) is 117 cm³/mol. The van der Waals surface area contributed by atoms with Gasteiger partial charge in [-0.1, -0.05) is 12.1 Å². The molecule has 1 saturated carbocycles. The second-order valence-corrected chi connectivity index (χ2v) is 9.06. The van der Waals surface area contributed by atoms with E-state index >= 15 is 4.39 Å². The highest BCUT2D eigenvalue weighted by molar-refractivity contribution is 5.93. The van der Waals surface area contributed by atoms with Gasteiger partial charge in [-0.05, 0) is 36.4 Å². The van der Waals surface area contributed by atoms with Crippen LogP contribution in [0, 0.1) is 11.7 Å². The van der Waals surface area contributed by atoms with Gasteiger partial charge in [0.15, 0.2) is 17.2 Å². The lowest BCUT2D eigenvalue weighted by atomic mass is 9.81. The van der Waals surface area contributed by atoms with Crippen molar-refractivity contribution < 1.29 is 41.3 Å². The molecule has 0 radical (unpaired) electrons. The number of aryl methyl sites for hydroxylation is 1. The number of halogens is 5. The maximum Gasteiger partial charge on any atom is 0.311 e. The van der Waals surface area contributed by atoms with Gasteiger partial charge in [-0.3, -0.25) is 9.59 Å². The summed E-state index contributed by atoms with van der Waals surface area (Å²) in [6.07, 6.45) is -1.78. The molecule has 1 fully saturated rings. The largest absolute Gasteiger partial charge is 0.481 e. The van der Waals surface area contributed by atoms with E-state index in [1.807, 2.05) is 0 Å². The quantitative estimate of drug-likeness (QED) is 0.390. The van der Waals surface area contributed by atoms with Crippen LogP contribution in [0.1, 0.15) is 78.4 Å². The zero-order chi connectivity index (χ0) is 26.9. The smallest absolute Gasteiger partial charge is 0.311 e. The maximum atomic E-state index is 15.3. The van der Waals surface area contributed by atoms with Crippen LogP contribution < -0.4 is 5.32 Å². The van der Waals surface area contributed by atoms with Crippen molar-refractivity contribution in [3.63, 3.8) is 0 Å². The Morgan fingerprint density at radius 3 is 2.59 bits per heavy atom. The summed E-state index contributed by atoms with van der Waals surface area (Å²) in [5.41, 5.74) is -0.463. The van der Waals surface area contributed by atoms with Gasteiger partial charge in [0.25, 0.3) is 5.91 Å². The normalized spacial score (nSPS) is 17.7. The minimum Gasteiger partial charge on any atom is -0.481 e. The van der Waals surface area contributed by atoms with E-state index in [1.165, 1.54) is 16.8 Å². The van der Waals surface area contributed by atoms with Crippen molar-refractivity contribution in [3.05, 3.63) is 46.9 Å². The molecule has 3 aromatic rings. The molecule has 3 aromatic heterocycles. The second kappa shape index (κ2) is 10.4. The number of hydrogen-bond acceptors (Lipinski definition) is 6. The number of amides is 1. The van der Waals surface area contributed by atoms with Gasteiger partial charge in [-0.15, -0.1) is 0 Å². The van der Waals surface area contributed by atoms with Crippen LogP contribution in [0.25, 0.3) is 5.65 Å². The number of carboxylic acid groups (broad SMARTS) is 1. The molecule has 0 spiro atoms. The van der Waals surface area contributed by atoms with Crippen LogP contribution in [0.2, 0.25) is 0 Å². The molecule has 0 bridgehead atoms. The van der Waals surface area contributed by atoms with Crippen molar-refractivity contribution in [2.75, 3.05) is 0 Å². The standard InChI is InChI=1S/C23H24F5N5O4/c1-2-14-19(32-37-31-14)21(34)30-18(11-3-6-23(27,28)7-4-11)15-10-33-8-5-12(17(26)20(33)29-15)13(22(35)36)9-16(24)25/h5,8,10-11,13,16,18H,2-4,6-7,9H2,1H3,(H,30,34)(H,35,36). The monoisotopic (exact) mass is 529 g/mol. The number of nitrogens with one attached hydrogen (secondary N) is 1. The van der Waals surface area contributed by atoms with Crippen LogP contribution in [0.5, 0.6) is 0 Å². The highest BCUT2D eigenvalue weighted by Crippen LogP contribution is 2.41. The molecule has 0 aliphatic heterocycles. The molecule has 0 saturated heterocycles. The average Bonchev–Trinajstić information content (AvgIpc) is 3.49. The topological polar surface area (TPSA) is 123 Å². The van der Waals surface area contributed by atoms with Crippen molar-refractivity contribution in [2.24, 2.45) is 5.92 Å². The third-order valence-electron chi connectivity index (χ3n) is 6.65. The van der Waals surface area contributed by atoms with Crippen molar-refractivity contribution in [3.8, 4) is 0 Å². The van der Waals surface area contributed by atoms with Gasteiger partial charge in [0, 0.05) is 37.2 Å². The summed E-state index contributed by atoms with van der Waals surface area (Å²) in [4.78, 5) is 28.7. The molecule has 2 unspecified atom stereocenters. The van der Waals surface area contributed by atoms with Gasteiger partial charge >= 0.3 is 5.97 Å². The lowest BCUT2D eigenvalue weighted by Gasteiger charge is -2.33. The summed E-state index contributed by atoms with van der Waals surface area (Å²) in [6.45, 7) is 1.73. The molecule has 1 amide bonds. The zero-order valence-electron chi connectivity index (χ0n) is 19.6. The Labute approximate surface area is 207 Å². The van der Waals surface area contributed by atoms with E-state index in [2.05, 4.69) is 25.2 Å². The van der Waals surface area contributed by atoms with Crippen molar-refractivity contribution in [1.29, 1.82) is 0 Å². The molecule has 4 rings (SSSR count). The molecule has 2 N–H and O–H groups in total. The third-order valence-corrected chi connectivity index (χ3v) is 6.65. The number of aliphatic carboxylic acids is 1. The minimum atomic E-state index is -2.98. The first-order valence-electron chi connectivity index (χ1n) is 11.7. The average molecular weight is 529 g/mol. The lowest BCUT2D eigenvalue weighted by Crippen LogP contribution is -2.37. The number of hydrogen-bond donors (Lipinski definition) is 2. The van der Waals surface area contributed by atoms with Gasteiger partial charge in [0.2, 0.25) is 12.3 Å². The Bertz CT molecular complexity index is 1280. The summed E-state index contributed by atoms with van der Waals surface area (Å²) >= 11 is 0. The molecule has 3 heterocycles. The van der Waals surface area contributed by atoms with Gasteiger partial charge in [-0.2, -0.15) is 0 Å². The number of carboxylic acids is 1. The number of nitrogens with zero attached hydrogens (tertiary/aromatic N) is 4. The first-order valence-corrected chi connectivity index (χ1v) is 11.7. The van der Waals surface area contributed by atoms with E-state index in [0.29, 0.717) is 6.42 Å². The highest BCUT2D eigenvalue weighted by atomic mass is 19.3. The van der Waals surface area contributed by atoms with E-state index in [-0.39, 0.29) is 35.6 Å². The first-order chi connectivity index (χ1) is 17.5. The molecule has 0 aromatic carbocycles. The molecule has 37 heavy (non-hydrogen) atoms. The molecule has 1 aliphatic carbocycles. The van der Waals surface area contributed by atoms with Crippen molar-refractivity contribution >= 4 is 17.5 Å². The first kappa shape index (κ1) is 26.5. The van der Waals surface area contributed by atoms with E-state index in [1.54, 1.807) is 6.92 Å². The van der Waals surface area contributed by atoms with Crippen LogP contribution in [-0.4, -0.2) is 49.0 Å². The minimum absolute atomic E-state index is 0.0483. The number of aromatic nitrogens is 4. The number of rotatable bonds is 9. The third kappa shape index (κ3) is 5.57. The van der Waals surface area contributed by atoms with E-state index < -0.39 is 72.7 Å². The number of alkyl halides is 4. The summed E-state index contributed by atoms with van der Waals surface area (Å²) in [6, 6.07) is 0.155. The van der Waals surface area contributed by atoms with Crippen LogP contribution in [0.3, 0.4) is 0 Å². The molecule has 1 aliphatic rings. The Morgan fingerprint density at radius 2 is 1.97 bits per heavy atom. The number of fused-ring (bicyclic) bond motifs is 1. The maximum absolute atomic E-state index is 15.3. The molecule has 2 atom stereocenters. The van der Waals surface area contributed by atoms with Crippen LogP contribution in [0.4, 0.5) is 22.0 Å². The number of pyridine rings is 1. The molecule has 14 heteroatoms. The van der Waals surface area contributed by atoms with Crippen molar-refractivity contribution in [2.45, 2.75) is 69.8 Å². The fraction of sp³-hybridized carbons (Fsp3) is 0.522.